The third-order valence-electron chi connectivity index (χ3n) is 6.56. The normalized spacial score (nSPS) is 27.2. The Morgan fingerprint density at radius 3 is 2.38 bits per heavy atom. The van der Waals surface area contributed by atoms with E-state index in [4.69, 9.17) is 4.74 Å². The van der Waals surface area contributed by atoms with Gasteiger partial charge in [0.25, 0.3) is 0 Å². The fraction of sp³-hybridized carbons (Fsp3) is 0.593. The molecule has 2 fully saturated rings. The minimum atomic E-state index is -0.198. The highest BCUT2D eigenvalue weighted by molar-refractivity contribution is 5.89. The third-order valence-corrected chi connectivity index (χ3v) is 6.56. The number of ether oxygens (including phenoxy) is 1. The molecule has 2 nitrogen and oxygen atoms in total. The number of benzene rings is 1. The van der Waals surface area contributed by atoms with Crippen LogP contribution in [0.1, 0.15) is 87.1 Å². The summed E-state index contributed by atoms with van der Waals surface area (Å²) in [7, 11) is 0. The number of carbonyl (C=O) groups excluding carboxylic acids is 1. The van der Waals surface area contributed by atoms with Crippen molar-refractivity contribution in [1.29, 1.82) is 0 Å². The van der Waals surface area contributed by atoms with Crippen LogP contribution in [0.25, 0.3) is 0 Å². The second kappa shape index (κ2) is 11.2. The molecule has 1 aromatic rings. The number of esters is 1. The van der Waals surface area contributed by atoms with Gasteiger partial charge >= 0.3 is 5.97 Å². The lowest BCUT2D eigenvalue weighted by Crippen LogP contribution is -2.24. The Labute approximate surface area is 177 Å². The molecular formula is C27H36O2. The second-order valence-electron chi connectivity index (χ2n) is 8.96. The second-order valence-corrected chi connectivity index (χ2v) is 8.96. The van der Waals surface area contributed by atoms with Crippen molar-refractivity contribution in [2.75, 3.05) is 0 Å². The van der Waals surface area contributed by atoms with E-state index in [1.807, 2.05) is 31.2 Å². The van der Waals surface area contributed by atoms with Crippen LogP contribution in [0.2, 0.25) is 0 Å². The molecule has 1 aromatic carbocycles. The van der Waals surface area contributed by atoms with Crippen molar-refractivity contribution in [3.8, 4) is 11.8 Å². The number of allylic oxidation sites excluding steroid dienone is 2. The summed E-state index contributed by atoms with van der Waals surface area (Å²) in [4.78, 5) is 12.3. The number of carbonyl (C=O) groups is 1. The SMILES string of the molecule is CCC[C@H]1CC[C@H](C=CC#C[C@H]2CC[C@H](OC(=O)c3ccc(C)cc3)CC2)CC1. The van der Waals surface area contributed by atoms with Gasteiger partial charge in [0, 0.05) is 5.92 Å². The van der Waals surface area contributed by atoms with Crippen molar-refractivity contribution >= 4 is 5.97 Å². The average Bonchev–Trinajstić information content (AvgIpc) is 2.74. The van der Waals surface area contributed by atoms with Crippen LogP contribution >= 0.6 is 0 Å². The number of hydrogen-bond donors (Lipinski definition) is 0. The Morgan fingerprint density at radius 1 is 1.03 bits per heavy atom. The Hall–Kier alpha value is -2.01. The summed E-state index contributed by atoms with van der Waals surface area (Å²) < 4.78 is 5.70. The van der Waals surface area contributed by atoms with Crippen molar-refractivity contribution in [2.24, 2.45) is 17.8 Å². The molecule has 0 aliphatic heterocycles. The standard InChI is InChI=1S/C27H36O2/c1-3-6-22-11-13-23(14-12-22)7-4-5-8-24-15-19-26(20-16-24)29-27(28)25-17-9-21(2)10-18-25/h4,7,9-10,17-18,22-24,26H,3,6,11-16,19-20H2,1-2H3/t22-,23-,24-,26-. The zero-order chi connectivity index (χ0) is 20.5. The highest BCUT2D eigenvalue weighted by atomic mass is 16.5. The van der Waals surface area contributed by atoms with Crippen LogP contribution in [0.15, 0.2) is 36.4 Å². The highest BCUT2D eigenvalue weighted by Gasteiger charge is 2.23. The molecule has 0 bridgehead atoms. The topological polar surface area (TPSA) is 26.3 Å². The fourth-order valence-electron chi connectivity index (χ4n) is 4.66. The summed E-state index contributed by atoms with van der Waals surface area (Å²) in [5, 5.41) is 0. The third kappa shape index (κ3) is 7.07. The molecule has 0 amide bonds. The van der Waals surface area contributed by atoms with Gasteiger partial charge in [-0.3, -0.25) is 0 Å². The van der Waals surface area contributed by atoms with Gasteiger partial charge in [0.2, 0.25) is 0 Å². The van der Waals surface area contributed by atoms with Crippen LogP contribution in [0.5, 0.6) is 0 Å². The van der Waals surface area contributed by atoms with Gasteiger partial charge in [-0.15, -0.1) is 0 Å². The lowest BCUT2D eigenvalue weighted by Gasteiger charge is -2.26. The van der Waals surface area contributed by atoms with Gasteiger partial charge in [-0.05, 0) is 88.3 Å². The Kier molecular flexibility index (Phi) is 8.41. The number of aryl methyl sites for hydroxylation is 1. The van der Waals surface area contributed by atoms with Crippen LogP contribution in [-0.2, 0) is 4.74 Å². The fourth-order valence-corrected chi connectivity index (χ4v) is 4.66. The molecule has 0 atom stereocenters. The van der Waals surface area contributed by atoms with Crippen molar-refractivity contribution in [1.82, 2.24) is 0 Å². The number of hydrogen-bond acceptors (Lipinski definition) is 2. The molecule has 0 unspecified atom stereocenters. The van der Waals surface area contributed by atoms with Gasteiger partial charge < -0.3 is 4.74 Å². The van der Waals surface area contributed by atoms with Crippen LogP contribution in [0.3, 0.4) is 0 Å². The van der Waals surface area contributed by atoms with Crippen LogP contribution in [0, 0.1) is 36.5 Å². The van der Waals surface area contributed by atoms with E-state index in [0.29, 0.717) is 11.5 Å². The first-order chi connectivity index (χ1) is 14.1. The molecule has 0 saturated heterocycles. The molecule has 2 saturated carbocycles. The molecule has 0 N–H and O–H groups in total. The van der Waals surface area contributed by atoms with Crippen LogP contribution in [0.4, 0.5) is 0 Å². The number of rotatable bonds is 5. The minimum Gasteiger partial charge on any atom is -0.459 e. The van der Waals surface area contributed by atoms with E-state index in [1.165, 1.54) is 38.5 Å². The van der Waals surface area contributed by atoms with Crippen molar-refractivity contribution < 1.29 is 9.53 Å². The zero-order valence-corrected chi connectivity index (χ0v) is 18.2. The van der Waals surface area contributed by atoms with E-state index >= 15 is 0 Å². The average molecular weight is 393 g/mol. The van der Waals surface area contributed by atoms with Gasteiger partial charge in [0.05, 0.1) is 5.56 Å². The van der Waals surface area contributed by atoms with Gasteiger partial charge in [-0.1, -0.05) is 55.4 Å². The van der Waals surface area contributed by atoms with E-state index in [9.17, 15) is 4.79 Å². The summed E-state index contributed by atoms with van der Waals surface area (Å²) in [5.74, 6) is 8.65. The van der Waals surface area contributed by atoms with Gasteiger partial charge in [0.1, 0.15) is 6.10 Å². The maximum Gasteiger partial charge on any atom is 0.338 e. The molecule has 156 valence electrons. The first kappa shape index (κ1) is 21.7. The molecule has 2 aliphatic carbocycles. The molecule has 0 aromatic heterocycles. The van der Waals surface area contributed by atoms with Gasteiger partial charge in [-0.2, -0.15) is 0 Å². The summed E-state index contributed by atoms with van der Waals surface area (Å²) in [6.45, 7) is 4.31. The predicted octanol–water partition coefficient (Wildman–Crippen LogP) is 6.88. The van der Waals surface area contributed by atoms with E-state index in [1.54, 1.807) is 0 Å². The minimum absolute atomic E-state index is 0.0377. The molecule has 2 heteroatoms. The Balaban J connectivity index is 1.36. The Morgan fingerprint density at radius 2 is 1.72 bits per heavy atom. The summed E-state index contributed by atoms with van der Waals surface area (Å²) in [6, 6.07) is 7.59. The summed E-state index contributed by atoms with van der Waals surface area (Å²) >= 11 is 0. The summed E-state index contributed by atoms with van der Waals surface area (Å²) in [6.07, 6.45) is 16.5. The van der Waals surface area contributed by atoms with E-state index in [2.05, 4.69) is 30.9 Å². The van der Waals surface area contributed by atoms with Crippen molar-refractivity contribution in [2.45, 2.75) is 84.2 Å². The maximum absolute atomic E-state index is 12.3. The lowest BCUT2D eigenvalue weighted by molar-refractivity contribution is 0.0188. The highest BCUT2D eigenvalue weighted by Crippen LogP contribution is 2.32. The Bertz CT molecular complexity index is 718. The summed E-state index contributed by atoms with van der Waals surface area (Å²) in [5.41, 5.74) is 1.80. The quantitative estimate of drug-likeness (QED) is 0.403. The van der Waals surface area contributed by atoms with E-state index in [-0.39, 0.29) is 12.1 Å². The smallest absolute Gasteiger partial charge is 0.338 e. The zero-order valence-electron chi connectivity index (χ0n) is 18.2. The molecule has 2 aliphatic rings. The van der Waals surface area contributed by atoms with Crippen molar-refractivity contribution in [3.63, 3.8) is 0 Å². The van der Waals surface area contributed by atoms with Crippen LogP contribution < -0.4 is 0 Å². The first-order valence-electron chi connectivity index (χ1n) is 11.6. The molecule has 29 heavy (non-hydrogen) atoms. The van der Waals surface area contributed by atoms with Gasteiger partial charge in [0.15, 0.2) is 0 Å². The molecule has 0 spiro atoms. The molecule has 0 heterocycles. The monoisotopic (exact) mass is 392 g/mol. The molecular weight excluding hydrogens is 356 g/mol. The van der Waals surface area contributed by atoms with E-state index < -0.39 is 0 Å². The largest absolute Gasteiger partial charge is 0.459 e. The lowest BCUT2D eigenvalue weighted by atomic mass is 9.80. The van der Waals surface area contributed by atoms with Gasteiger partial charge in [-0.25, -0.2) is 4.79 Å². The predicted molar refractivity (Wildman–Crippen MR) is 120 cm³/mol. The molecule has 0 radical (unpaired) electrons. The van der Waals surface area contributed by atoms with E-state index in [0.717, 1.165) is 43.1 Å². The van der Waals surface area contributed by atoms with Crippen molar-refractivity contribution in [3.05, 3.63) is 47.5 Å². The first-order valence-corrected chi connectivity index (χ1v) is 11.6. The maximum atomic E-state index is 12.3. The van der Waals surface area contributed by atoms with Crippen LogP contribution in [-0.4, -0.2) is 12.1 Å². The molecule has 3 rings (SSSR count).